The molecule has 1 N–H and O–H groups in total. The van der Waals surface area contributed by atoms with E-state index in [2.05, 4.69) is 16.6 Å². The molecular formula is C23H25ClN4O4. The topological polar surface area (TPSA) is 96.2 Å². The number of carbonyl (C=O) groups is 1. The van der Waals surface area contributed by atoms with Crippen LogP contribution < -0.4 is 14.9 Å². The molecule has 0 spiro atoms. The normalized spacial score (nSPS) is 14.2. The Morgan fingerprint density at radius 3 is 2.84 bits per heavy atom. The van der Waals surface area contributed by atoms with Crippen LogP contribution in [0.2, 0.25) is 5.02 Å². The molecule has 9 heteroatoms. The summed E-state index contributed by atoms with van der Waals surface area (Å²) in [5, 5.41) is 13.6. The Kier molecular flexibility index (Phi) is 8.87. The Morgan fingerprint density at radius 1 is 1.31 bits per heavy atom. The van der Waals surface area contributed by atoms with Gasteiger partial charge in [0.25, 0.3) is 5.91 Å². The number of carbonyl (C=O) groups excluding carboxylic acids is 1. The molecule has 8 nitrogen and oxygen atoms in total. The lowest BCUT2D eigenvalue weighted by molar-refractivity contribution is -0.123. The first-order valence-corrected chi connectivity index (χ1v) is 10.7. The summed E-state index contributed by atoms with van der Waals surface area (Å²) < 4.78 is 16.9. The Morgan fingerprint density at radius 2 is 2.09 bits per heavy atom. The van der Waals surface area contributed by atoms with Crippen molar-refractivity contribution in [2.45, 2.75) is 13.5 Å². The molecule has 3 rings (SSSR count). The van der Waals surface area contributed by atoms with Crippen LogP contribution in [0.15, 0.2) is 41.5 Å². The second-order valence-electron chi connectivity index (χ2n) is 7.00. The van der Waals surface area contributed by atoms with Crippen LogP contribution in [0, 0.1) is 11.3 Å². The summed E-state index contributed by atoms with van der Waals surface area (Å²) in [5.41, 5.74) is 4.47. The van der Waals surface area contributed by atoms with Gasteiger partial charge in [0, 0.05) is 18.7 Å². The van der Waals surface area contributed by atoms with E-state index in [4.69, 9.17) is 25.8 Å². The molecule has 0 saturated carbocycles. The Labute approximate surface area is 192 Å². The van der Waals surface area contributed by atoms with Crippen molar-refractivity contribution in [3.8, 4) is 17.6 Å². The number of nitriles is 1. The van der Waals surface area contributed by atoms with Crippen molar-refractivity contribution in [1.82, 2.24) is 10.3 Å². The molecule has 0 radical (unpaired) electrons. The van der Waals surface area contributed by atoms with Crippen LogP contribution >= 0.6 is 11.6 Å². The van der Waals surface area contributed by atoms with E-state index < -0.39 is 0 Å². The predicted molar refractivity (Wildman–Crippen MR) is 121 cm³/mol. The molecule has 1 aliphatic rings. The van der Waals surface area contributed by atoms with Gasteiger partial charge in [0.2, 0.25) is 0 Å². The van der Waals surface area contributed by atoms with E-state index in [0.29, 0.717) is 47.5 Å². The van der Waals surface area contributed by atoms with Crippen molar-refractivity contribution < 1.29 is 19.0 Å². The van der Waals surface area contributed by atoms with E-state index in [0.717, 1.165) is 18.7 Å². The first-order chi connectivity index (χ1) is 15.6. The highest BCUT2D eigenvalue weighted by Crippen LogP contribution is 2.37. The smallest absolute Gasteiger partial charge is 0.254 e. The van der Waals surface area contributed by atoms with Gasteiger partial charge in [-0.05, 0) is 30.7 Å². The van der Waals surface area contributed by atoms with Crippen LogP contribution in [0.5, 0.6) is 11.5 Å². The molecule has 0 atom stereocenters. The first-order valence-electron chi connectivity index (χ1n) is 10.3. The van der Waals surface area contributed by atoms with Crippen LogP contribution in [-0.4, -0.2) is 56.5 Å². The molecule has 0 bridgehead atoms. The third-order valence-corrected chi connectivity index (χ3v) is 5.00. The number of halogens is 1. The van der Waals surface area contributed by atoms with Crippen LogP contribution in [0.3, 0.4) is 0 Å². The van der Waals surface area contributed by atoms with Gasteiger partial charge in [-0.15, -0.1) is 0 Å². The van der Waals surface area contributed by atoms with Crippen LogP contribution in [-0.2, 0) is 16.1 Å². The first kappa shape index (κ1) is 23.5. The number of nitrogens with one attached hydrogen (secondary N) is 1. The molecule has 2 aromatic rings. The van der Waals surface area contributed by atoms with Gasteiger partial charge in [-0.1, -0.05) is 29.8 Å². The molecule has 0 aromatic heterocycles. The fraction of sp³-hybridized carbons (Fsp3) is 0.348. The summed E-state index contributed by atoms with van der Waals surface area (Å²) in [4.78, 5) is 14.1. The number of hydrogen-bond acceptors (Lipinski definition) is 7. The van der Waals surface area contributed by atoms with E-state index in [1.807, 2.05) is 24.0 Å². The van der Waals surface area contributed by atoms with E-state index in [1.54, 1.807) is 24.3 Å². The van der Waals surface area contributed by atoms with Crippen LogP contribution in [0.25, 0.3) is 0 Å². The maximum Gasteiger partial charge on any atom is 0.254 e. The van der Waals surface area contributed by atoms with E-state index in [9.17, 15) is 10.1 Å². The lowest BCUT2D eigenvalue weighted by Crippen LogP contribution is -2.42. The van der Waals surface area contributed by atoms with Gasteiger partial charge >= 0.3 is 0 Å². The van der Waals surface area contributed by atoms with Gasteiger partial charge in [0.05, 0.1) is 49.2 Å². The molecule has 1 heterocycles. The zero-order chi connectivity index (χ0) is 22.8. The molecule has 1 fully saturated rings. The summed E-state index contributed by atoms with van der Waals surface area (Å²) >= 11 is 6.44. The molecule has 2 aromatic carbocycles. The third kappa shape index (κ3) is 6.69. The predicted octanol–water partition coefficient (Wildman–Crippen LogP) is 2.97. The fourth-order valence-electron chi connectivity index (χ4n) is 3.15. The highest BCUT2D eigenvalue weighted by molar-refractivity contribution is 6.32. The maximum absolute atomic E-state index is 12.1. The highest BCUT2D eigenvalue weighted by Gasteiger charge is 2.15. The highest BCUT2D eigenvalue weighted by atomic mass is 35.5. The summed E-state index contributed by atoms with van der Waals surface area (Å²) in [6.07, 6.45) is 1.50. The fourth-order valence-corrected chi connectivity index (χ4v) is 3.42. The number of nitrogens with zero attached hydrogens (tertiary/aromatic N) is 3. The summed E-state index contributed by atoms with van der Waals surface area (Å²) in [6.45, 7) is 5.43. The number of ether oxygens (including phenoxy) is 3. The van der Waals surface area contributed by atoms with Gasteiger partial charge in [0.15, 0.2) is 11.5 Å². The van der Waals surface area contributed by atoms with Gasteiger partial charge in [-0.25, -0.2) is 5.43 Å². The lowest BCUT2D eigenvalue weighted by atomic mass is 10.1. The number of morpholine rings is 1. The lowest BCUT2D eigenvalue weighted by Gasteiger charge is -2.25. The number of rotatable bonds is 9. The number of benzene rings is 2. The van der Waals surface area contributed by atoms with E-state index in [-0.39, 0.29) is 19.1 Å². The van der Waals surface area contributed by atoms with Gasteiger partial charge in [-0.2, -0.15) is 10.4 Å². The largest absolute Gasteiger partial charge is 0.490 e. The van der Waals surface area contributed by atoms with E-state index in [1.165, 1.54) is 6.21 Å². The SMILES string of the molecule is CCOc1cc(/C=N\NC(=O)CN2CCOCC2)cc(Cl)c1OCc1ccccc1C#N. The summed E-state index contributed by atoms with van der Waals surface area (Å²) in [6, 6.07) is 12.8. The van der Waals surface area contributed by atoms with Crippen molar-refractivity contribution in [2.24, 2.45) is 5.10 Å². The molecule has 0 unspecified atom stereocenters. The third-order valence-electron chi connectivity index (χ3n) is 4.72. The molecule has 168 valence electrons. The second kappa shape index (κ2) is 12.1. The molecule has 32 heavy (non-hydrogen) atoms. The van der Waals surface area contributed by atoms with Crippen molar-refractivity contribution in [2.75, 3.05) is 39.5 Å². The van der Waals surface area contributed by atoms with Gasteiger partial charge in [-0.3, -0.25) is 9.69 Å². The minimum atomic E-state index is -0.199. The Bertz CT molecular complexity index is 1000. The quantitative estimate of drug-likeness (QED) is 0.460. The average molecular weight is 457 g/mol. The summed E-state index contributed by atoms with van der Waals surface area (Å²) in [5.74, 6) is 0.640. The van der Waals surface area contributed by atoms with E-state index >= 15 is 0 Å². The van der Waals surface area contributed by atoms with Crippen LogP contribution in [0.4, 0.5) is 0 Å². The van der Waals surface area contributed by atoms with Crippen molar-refractivity contribution in [3.63, 3.8) is 0 Å². The minimum Gasteiger partial charge on any atom is -0.490 e. The number of hydrogen-bond donors (Lipinski definition) is 1. The Hall–Kier alpha value is -3.12. The molecule has 0 aliphatic carbocycles. The number of amides is 1. The van der Waals surface area contributed by atoms with Gasteiger partial charge < -0.3 is 14.2 Å². The van der Waals surface area contributed by atoms with Crippen molar-refractivity contribution in [3.05, 3.63) is 58.1 Å². The average Bonchev–Trinajstić information content (AvgIpc) is 2.79. The molecular weight excluding hydrogens is 432 g/mol. The molecule has 1 amide bonds. The van der Waals surface area contributed by atoms with Crippen LogP contribution in [0.1, 0.15) is 23.6 Å². The Balaban J connectivity index is 1.65. The molecule has 1 saturated heterocycles. The van der Waals surface area contributed by atoms with Crippen molar-refractivity contribution in [1.29, 1.82) is 5.26 Å². The van der Waals surface area contributed by atoms with Gasteiger partial charge in [0.1, 0.15) is 6.61 Å². The van der Waals surface area contributed by atoms with Crippen molar-refractivity contribution >= 4 is 23.7 Å². The number of hydrazone groups is 1. The molecule has 1 aliphatic heterocycles. The monoisotopic (exact) mass is 456 g/mol. The summed E-state index contributed by atoms with van der Waals surface area (Å²) in [7, 11) is 0. The minimum absolute atomic E-state index is 0.175. The standard InChI is InChI=1S/C23H25ClN4O4/c1-2-31-21-12-17(14-26-27-22(29)15-28-7-9-30-10-8-28)11-20(24)23(21)32-16-19-6-4-3-5-18(19)13-25/h3-6,11-12,14H,2,7-10,15-16H2,1H3,(H,27,29)/b26-14-. The zero-order valence-electron chi connectivity index (χ0n) is 17.8. The maximum atomic E-state index is 12.1. The zero-order valence-corrected chi connectivity index (χ0v) is 18.6. The second-order valence-corrected chi connectivity index (χ2v) is 7.41.